The van der Waals surface area contributed by atoms with Gasteiger partial charge in [-0.05, 0) is 44.9 Å². The number of likely N-dealkylation sites (N-methyl/N-ethyl adjacent to an activating group) is 1. The second kappa shape index (κ2) is 6.82. The molecule has 2 fully saturated rings. The van der Waals surface area contributed by atoms with E-state index in [1.54, 1.807) is 0 Å². The summed E-state index contributed by atoms with van der Waals surface area (Å²) in [5.41, 5.74) is 0.495. The van der Waals surface area contributed by atoms with Gasteiger partial charge in [0.2, 0.25) is 0 Å². The maximum atomic E-state index is 4.72. The average Bonchev–Trinajstić information content (AvgIpc) is 2.62. The molecule has 2 nitrogen and oxygen atoms in total. The molecule has 0 bridgehead atoms. The zero-order chi connectivity index (χ0) is 13.9. The Kier molecular flexibility index (Phi) is 5.62. The van der Waals surface area contributed by atoms with Crippen molar-refractivity contribution in [3.8, 4) is 0 Å². The van der Waals surface area contributed by atoms with Crippen molar-refractivity contribution in [3.05, 3.63) is 0 Å². The van der Waals surface area contributed by atoms with Crippen molar-refractivity contribution in [2.45, 2.75) is 64.5 Å². The van der Waals surface area contributed by atoms with E-state index in [0.717, 1.165) is 5.75 Å². The van der Waals surface area contributed by atoms with Crippen molar-refractivity contribution in [2.75, 3.05) is 32.4 Å². The van der Waals surface area contributed by atoms with Crippen LogP contribution in [0.15, 0.2) is 0 Å². The highest BCUT2D eigenvalue weighted by atomic mass is 32.1. The highest BCUT2D eigenvalue weighted by Crippen LogP contribution is 2.37. The summed E-state index contributed by atoms with van der Waals surface area (Å²) >= 11 is 4.72. The van der Waals surface area contributed by atoms with E-state index in [0.29, 0.717) is 17.5 Å². The SMILES string of the molecule is CC1CN(CC2(CS)CCCCCC2)CC(C)N1C. The first-order chi connectivity index (χ1) is 9.06. The molecule has 0 spiro atoms. The molecule has 3 heteroatoms. The second-order valence-electron chi connectivity index (χ2n) is 7.13. The first kappa shape index (κ1) is 15.7. The van der Waals surface area contributed by atoms with E-state index in [4.69, 9.17) is 12.6 Å². The molecule has 19 heavy (non-hydrogen) atoms. The molecule has 2 atom stereocenters. The Morgan fingerprint density at radius 1 is 1.00 bits per heavy atom. The van der Waals surface area contributed by atoms with E-state index in [2.05, 4.69) is 30.7 Å². The molecule has 1 aliphatic heterocycles. The minimum absolute atomic E-state index is 0.495. The molecule has 1 heterocycles. The van der Waals surface area contributed by atoms with Gasteiger partial charge in [-0.25, -0.2) is 0 Å². The number of rotatable bonds is 3. The molecule has 2 aliphatic rings. The summed E-state index contributed by atoms with van der Waals surface area (Å²) in [6.07, 6.45) is 8.49. The normalized spacial score (nSPS) is 34.1. The Hall–Kier alpha value is 0.270. The zero-order valence-corrected chi connectivity index (χ0v) is 14.0. The molecular weight excluding hydrogens is 252 g/mol. The third kappa shape index (κ3) is 3.89. The molecule has 0 N–H and O–H groups in total. The topological polar surface area (TPSA) is 6.48 Å². The lowest BCUT2D eigenvalue weighted by Crippen LogP contribution is -2.57. The summed E-state index contributed by atoms with van der Waals surface area (Å²) in [5.74, 6) is 1.07. The summed E-state index contributed by atoms with van der Waals surface area (Å²) in [6, 6.07) is 1.37. The minimum Gasteiger partial charge on any atom is -0.300 e. The molecule has 0 aromatic carbocycles. The van der Waals surface area contributed by atoms with Gasteiger partial charge in [-0.3, -0.25) is 9.80 Å². The molecule has 2 unspecified atom stereocenters. The van der Waals surface area contributed by atoms with Crippen molar-refractivity contribution < 1.29 is 0 Å². The van der Waals surface area contributed by atoms with Crippen molar-refractivity contribution in [1.82, 2.24) is 9.80 Å². The van der Waals surface area contributed by atoms with Gasteiger partial charge >= 0.3 is 0 Å². The Morgan fingerprint density at radius 3 is 2.00 bits per heavy atom. The summed E-state index contributed by atoms with van der Waals surface area (Å²) in [5, 5.41) is 0. The number of piperazine rings is 1. The van der Waals surface area contributed by atoms with Crippen LogP contribution in [-0.2, 0) is 0 Å². The van der Waals surface area contributed by atoms with Gasteiger partial charge in [0.1, 0.15) is 0 Å². The molecule has 0 aromatic heterocycles. The third-order valence-corrected chi connectivity index (χ3v) is 6.16. The van der Waals surface area contributed by atoms with Crippen LogP contribution < -0.4 is 0 Å². The Morgan fingerprint density at radius 2 is 1.53 bits per heavy atom. The van der Waals surface area contributed by atoms with Crippen LogP contribution in [0.3, 0.4) is 0 Å². The predicted molar refractivity (Wildman–Crippen MR) is 87.1 cm³/mol. The number of hydrogen-bond acceptors (Lipinski definition) is 3. The van der Waals surface area contributed by atoms with E-state index in [-0.39, 0.29) is 0 Å². The van der Waals surface area contributed by atoms with Crippen LogP contribution in [0.4, 0.5) is 0 Å². The summed E-state index contributed by atoms with van der Waals surface area (Å²) in [7, 11) is 2.27. The van der Waals surface area contributed by atoms with Gasteiger partial charge < -0.3 is 0 Å². The van der Waals surface area contributed by atoms with Crippen LogP contribution in [0.5, 0.6) is 0 Å². The van der Waals surface area contributed by atoms with Crippen LogP contribution >= 0.6 is 12.6 Å². The largest absolute Gasteiger partial charge is 0.300 e. The van der Waals surface area contributed by atoms with E-state index in [1.807, 2.05) is 0 Å². The Balaban J connectivity index is 1.97. The summed E-state index contributed by atoms with van der Waals surface area (Å²) in [4.78, 5) is 5.24. The number of thiol groups is 1. The average molecular weight is 285 g/mol. The van der Waals surface area contributed by atoms with Crippen LogP contribution in [0.25, 0.3) is 0 Å². The molecule has 1 saturated heterocycles. The molecule has 1 saturated carbocycles. The zero-order valence-electron chi connectivity index (χ0n) is 13.1. The van der Waals surface area contributed by atoms with E-state index >= 15 is 0 Å². The first-order valence-corrected chi connectivity index (χ1v) is 8.75. The van der Waals surface area contributed by atoms with Crippen LogP contribution in [0.1, 0.15) is 52.4 Å². The van der Waals surface area contributed by atoms with Crippen molar-refractivity contribution in [1.29, 1.82) is 0 Å². The lowest BCUT2D eigenvalue weighted by Gasteiger charge is -2.46. The second-order valence-corrected chi connectivity index (χ2v) is 7.45. The molecule has 112 valence electrons. The molecule has 2 rings (SSSR count). The van der Waals surface area contributed by atoms with Crippen LogP contribution in [-0.4, -0.2) is 54.3 Å². The van der Waals surface area contributed by atoms with Crippen molar-refractivity contribution in [3.63, 3.8) is 0 Å². The fourth-order valence-corrected chi connectivity index (χ4v) is 4.38. The smallest absolute Gasteiger partial charge is 0.0195 e. The molecule has 1 aliphatic carbocycles. The summed E-state index contributed by atoms with van der Waals surface area (Å²) in [6.45, 7) is 8.47. The molecular formula is C16H32N2S. The van der Waals surface area contributed by atoms with E-state index in [9.17, 15) is 0 Å². The summed E-state index contributed by atoms with van der Waals surface area (Å²) < 4.78 is 0. The quantitative estimate of drug-likeness (QED) is 0.628. The Bertz CT molecular complexity index is 262. The third-order valence-electron chi connectivity index (χ3n) is 5.49. The van der Waals surface area contributed by atoms with Gasteiger partial charge in [-0.15, -0.1) is 0 Å². The van der Waals surface area contributed by atoms with Gasteiger partial charge in [0.25, 0.3) is 0 Å². The minimum atomic E-state index is 0.495. The lowest BCUT2D eigenvalue weighted by molar-refractivity contribution is 0.0324. The molecule has 0 amide bonds. The standard InChI is InChI=1S/C16H32N2S/c1-14-10-18(11-15(2)17(14)3)12-16(13-19)8-6-4-5-7-9-16/h14-15,19H,4-13H2,1-3H3. The van der Waals surface area contributed by atoms with E-state index < -0.39 is 0 Å². The van der Waals surface area contributed by atoms with Crippen LogP contribution in [0, 0.1) is 5.41 Å². The first-order valence-electron chi connectivity index (χ1n) is 8.11. The lowest BCUT2D eigenvalue weighted by atomic mass is 9.81. The van der Waals surface area contributed by atoms with Crippen molar-refractivity contribution >= 4 is 12.6 Å². The Labute approximate surface area is 125 Å². The molecule has 0 aromatic rings. The van der Waals surface area contributed by atoms with E-state index in [1.165, 1.54) is 58.2 Å². The van der Waals surface area contributed by atoms with Gasteiger partial charge in [-0.1, -0.05) is 25.7 Å². The molecule has 0 radical (unpaired) electrons. The van der Waals surface area contributed by atoms with Gasteiger partial charge in [0, 0.05) is 31.7 Å². The monoisotopic (exact) mass is 284 g/mol. The number of nitrogens with zero attached hydrogens (tertiary/aromatic N) is 2. The van der Waals surface area contributed by atoms with Gasteiger partial charge in [0.05, 0.1) is 0 Å². The fourth-order valence-electron chi connectivity index (χ4n) is 3.96. The fraction of sp³-hybridized carbons (Fsp3) is 1.00. The highest BCUT2D eigenvalue weighted by molar-refractivity contribution is 7.80. The number of hydrogen-bond donors (Lipinski definition) is 1. The van der Waals surface area contributed by atoms with Crippen LogP contribution in [0.2, 0.25) is 0 Å². The van der Waals surface area contributed by atoms with Gasteiger partial charge in [0.15, 0.2) is 0 Å². The maximum absolute atomic E-state index is 4.72. The van der Waals surface area contributed by atoms with Crippen molar-refractivity contribution in [2.24, 2.45) is 5.41 Å². The maximum Gasteiger partial charge on any atom is 0.0195 e. The predicted octanol–water partition coefficient (Wildman–Crippen LogP) is 3.28. The van der Waals surface area contributed by atoms with Gasteiger partial charge in [-0.2, -0.15) is 12.6 Å². The highest BCUT2D eigenvalue weighted by Gasteiger charge is 2.35.